The normalized spacial score (nSPS) is 18.1. The lowest BCUT2D eigenvalue weighted by Gasteiger charge is -2.24. The summed E-state index contributed by atoms with van der Waals surface area (Å²) in [5.41, 5.74) is 0.820. The van der Waals surface area contributed by atoms with E-state index in [2.05, 4.69) is 26.7 Å². The molecule has 0 aliphatic carbocycles. The number of nitriles is 1. The van der Waals surface area contributed by atoms with E-state index in [4.69, 9.17) is 18.9 Å². The first-order valence-electron chi connectivity index (χ1n) is 13.2. The first-order chi connectivity index (χ1) is 19.5. The van der Waals surface area contributed by atoms with Crippen molar-refractivity contribution in [1.29, 1.82) is 5.26 Å². The molecule has 41 heavy (non-hydrogen) atoms. The molecule has 0 radical (unpaired) electrons. The summed E-state index contributed by atoms with van der Waals surface area (Å²) < 4.78 is 37.9. The summed E-state index contributed by atoms with van der Waals surface area (Å²) in [6.45, 7) is 8.09. The van der Waals surface area contributed by atoms with Crippen molar-refractivity contribution in [2.45, 2.75) is 58.2 Å². The lowest BCUT2D eigenvalue weighted by molar-refractivity contribution is 0.0635. The molecular weight excluding hydrogens is 533 g/mol. The number of benzene rings is 1. The Morgan fingerprint density at radius 2 is 1.90 bits per heavy atom. The third kappa shape index (κ3) is 6.00. The van der Waals surface area contributed by atoms with Gasteiger partial charge >= 0.3 is 12.2 Å². The molecule has 0 saturated carbocycles. The highest BCUT2D eigenvalue weighted by Crippen LogP contribution is 2.42. The fourth-order valence-electron chi connectivity index (χ4n) is 4.89. The van der Waals surface area contributed by atoms with Gasteiger partial charge in [-0.25, -0.2) is 23.9 Å². The van der Waals surface area contributed by atoms with Crippen LogP contribution in [0.5, 0.6) is 5.88 Å². The van der Waals surface area contributed by atoms with Crippen molar-refractivity contribution in [3.63, 3.8) is 0 Å². The van der Waals surface area contributed by atoms with Gasteiger partial charge in [-0.2, -0.15) is 5.26 Å². The second-order valence-electron chi connectivity index (χ2n) is 10.9. The molecule has 0 bridgehead atoms. The van der Waals surface area contributed by atoms with Gasteiger partial charge in [0.1, 0.15) is 17.5 Å². The summed E-state index contributed by atoms with van der Waals surface area (Å²) in [4.78, 5) is 33.8. The van der Waals surface area contributed by atoms with Crippen molar-refractivity contribution in [3.8, 4) is 23.1 Å². The van der Waals surface area contributed by atoms with Crippen molar-refractivity contribution in [3.05, 3.63) is 41.5 Å². The summed E-state index contributed by atoms with van der Waals surface area (Å²) >= 11 is 0. The standard InChI is InChI=1S/C29H30FN5O6/c1-15-20(12-33-26-23(15)16(11-31)5-8-39-26)19-9-17-10-22(34-27(36)40-18-6-7-38-14-18)32-13-21(17)25(24(19)30)35-28(37)41-29(2,3)4/h9-10,12-13,16,18H,5-8,14H2,1-4H3,(H,35,37)(H,32,34,36)/t16?,18-/m1/s1. The molecule has 2 N–H and O–H groups in total. The van der Waals surface area contributed by atoms with E-state index in [0.29, 0.717) is 60.6 Å². The lowest BCUT2D eigenvalue weighted by Crippen LogP contribution is -2.27. The average Bonchev–Trinajstić information content (AvgIpc) is 3.42. The Morgan fingerprint density at radius 3 is 2.61 bits per heavy atom. The van der Waals surface area contributed by atoms with Gasteiger partial charge < -0.3 is 18.9 Å². The smallest absolute Gasteiger partial charge is 0.413 e. The van der Waals surface area contributed by atoms with Gasteiger partial charge in [0.25, 0.3) is 0 Å². The van der Waals surface area contributed by atoms with E-state index in [1.54, 1.807) is 39.8 Å². The van der Waals surface area contributed by atoms with Gasteiger partial charge in [-0.1, -0.05) is 0 Å². The number of rotatable bonds is 4. The predicted molar refractivity (Wildman–Crippen MR) is 147 cm³/mol. The molecule has 2 aliphatic heterocycles. The quantitative estimate of drug-likeness (QED) is 0.401. The number of amides is 2. The number of nitrogens with zero attached hydrogens (tertiary/aromatic N) is 3. The third-order valence-electron chi connectivity index (χ3n) is 6.77. The molecule has 1 unspecified atom stereocenters. The Kier molecular flexibility index (Phi) is 7.64. The number of anilines is 2. The molecular formula is C29H30FN5O6. The highest BCUT2D eigenvalue weighted by Gasteiger charge is 2.29. The van der Waals surface area contributed by atoms with Crippen LogP contribution in [0.4, 0.5) is 25.5 Å². The fraction of sp³-hybridized carbons (Fsp3) is 0.414. The zero-order valence-electron chi connectivity index (χ0n) is 23.2. The molecule has 1 aromatic carbocycles. The third-order valence-corrected chi connectivity index (χ3v) is 6.77. The highest BCUT2D eigenvalue weighted by molar-refractivity contribution is 6.04. The van der Waals surface area contributed by atoms with Crippen molar-refractivity contribution in [2.75, 3.05) is 30.5 Å². The van der Waals surface area contributed by atoms with Gasteiger partial charge in [-0.15, -0.1) is 0 Å². The van der Waals surface area contributed by atoms with Crippen LogP contribution in [0, 0.1) is 24.1 Å². The van der Waals surface area contributed by atoms with Gasteiger partial charge in [0, 0.05) is 47.3 Å². The Morgan fingerprint density at radius 1 is 1.10 bits per heavy atom. The maximum atomic E-state index is 16.3. The summed E-state index contributed by atoms with van der Waals surface area (Å²) in [5, 5.41) is 15.6. The number of ether oxygens (including phenoxy) is 4. The van der Waals surface area contributed by atoms with Crippen LogP contribution in [0.15, 0.2) is 24.5 Å². The van der Waals surface area contributed by atoms with E-state index < -0.39 is 29.5 Å². The average molecular weight is 564 g/mol. The van der Waals surface area contributed by atoms with Gasteiger partial charge in [0.2, 0.25) is 5.88 Å². The molecule has 5 rings (SSSR count). The number of carbonyl (C=O) groups is 2. The van der Waals surface area contributed by atoms with Crippen molar-refractivity contribution < 1.29 is 32.9 Å². The number of hydrogen-bond donors (Lipinski definition) is 2. The number of carbonyl (C=O) groups excluding carboxylic acids is 2. The maximum Gasteiger partial charge on any atom is 0.413 e. The van der Waals surface area contributed by atoms with E-state index in [-0.39, 0.29) is 28.6 Å². The van der Waals surface area contributed by atoms with Crippen LogP contribution in [0.1, 0.15) is 50.7 Å². The molecule has 1 saturated heterocycles. The van der Waals surface area contributed by atoms with E-state index in [1.165, 1.54) is 12.4 Å². The second-order valence-corrected chi connectivity index (χ2v) is 10.9. The monoisotopic (exact) mass is 563 g/mol. The molecule has 214 valence electrons. The molecule has 2 aliphatic rings. The minimum Gasteiger partial charge on any atom is -0.477 e. The molecule has 2 aromatic heterocycles. The highest BCUT2D eigenvalue weighted by atomic mass is 19.1. The number of halogens is 1. The fourth-order valence-corrected chi connectivity index (χ4v) is 4.89. The lowest BCUT2D eigenvalue weighted by atomic mass is 9.88. The minimum absolute atomic E-state index is 0.126. The van der Waals surface area contributed by atoms with E-state index in [1.807, 2.05) is 0 Å². The molecule has 1 fully saturated rings. The summed E-state index contributed by atoms with van der Waals surface area (Å²) in [6.07, 6.45) is 2.04. The molecule has 2 atom stereocenters. The SMILES string of the molecule is Cc1c(-c2cc3cc(NC(=O)O[C@@H]4CCOC4)ncc3c(NC(=O)OC(C)(C)C)c2F)cnc2c1C(C#N)CCO2. The van der Waals surface area contributed by atoms with Crippen molar-refractivity contribution in [2.24, 2.45) is 0 Å². The molecule has 4 heterocycles. The zero-order valence-corrected chi connectivity index (χ0v) is 23.2. The molecule has 12 heteroatoms. The summed E-state index contributed by atoms with van der Waals surface area (Å²) in [6, 6.07) is 5.41. The largest absolute Gasteiger partial charge is 0.477 e. The maximum absolute atomic E-state index is 16.3. The summed E-state index contributed by atoms with van der Waals surface area (Å²) in [5.74, 6) is -0.674. The molecule has 11 nitrogen and oxygen atoms in total. The zero-order chi connectivity index (χ0) is 29.3. The van der Waals surface area contributed by atoms with Gasteiger partial charge in [0.05, 0.1) is 37.5 Å². The van der Waals surface area contributed by atoms with Gasteiger partial charge in [-0.05, 0) is 50.8 Å². The molecule has 2 amide bonds. The first kappa shape index (κ1) is 28.0. The predicted octanol–water partition coefficient (Wildman–Crippen LogP) is 5.82. The number of pyridine rings is 2. The van der Waals surface area contributed by atoms with E-state index in [9.17, 15) is 14.9 Å². The van der Waals surface area contributed by atoms with Crippen LogP contribution in [0.2, 0.25) is 0 Å². The summed E-state index contributed by atoms with van der Waals surface area (Å²) in [7, 11) is 0. The van der Waals surface area contributed by atoms with Crippen LogP contribution >= 0.6 is 0 Å². The molecule has 0 spiro atoms. The van der Waals surface area contributed by atoms with Crippen molar-refractivity contribution in [1.82, 2.24) is 9.97 Å². The Bertz CT molecular complexity index is 1560. The number of hydrogen-bond acceptors (Lipinski definition) is 9. The number of aromatic nitrogens is 2. The van der Waals surface area contributed by atoms with E-state index >= 15 is 4.39 Å². The first-order valence-corrected chi connectivity index (χ1v) is 13.2. The Hall–Kier alpha value is -4.50. The Balaban J connectivity index is 1.59. The number of nitrogens with one attached hydrogen (secondary N) is 2. The van der Waals surface area contributed by atoms with Crippen LogP contribution < -0.4 is 15.4 Å². The number of fused-ring (bicyclic) bond motifs is 2. The minimum atomic E-state index is -0.849. The van der Waals surface area contributed by atoms with Crippen LogP contribution in [-0.4, -0.2) is 53.7 Å². The van der Waals surface area contributed by atoms with Gasteiger partial charge in [0.15, 0.2) is 5.82 Å². The molecule has 3 aromatic rings. The van der Waals surface area contributed by atoms with E-state index in [0.717, 1.165) is 0 Å². The van der Waals surface area contributed by atoms with Crippen molar-refractivity contribution >= 4 is 34.5 Å². The van der Waals surface area contributed by atoms with Crippen LogP contribution in [0.25, 0.3) is 21.9 Å². The van der Waals surface area contributed by atoms with Crippen LogP contribution in [0.3, 0.4) is 0 Å². The topological polar surface area (TPSA) is 145 Å². The van der Waals surface area contributed by atoms with Crippen LogP contribution in [-0.2, 0) is 14.2 Å². The van der Waals surface area contributed by atoms with Gasteiger partial charge in [-0.3, -0.25) is 10.6 Å². The Labute approximate surface area is 236 Å². The second kappa shape index (κ2) is 11.2.